The number of rotatable bonds is 4. The average Bonchev–Trinajstić information content (AvgIpc) is 2.80. The Hall–Kier alpha value is -0.890. The molecule has 0 radical (unpaired) electrons. The Kier molecular flexibility index (Phi) is 3.82. The van der Waals surface area contributed by atoms with Crippen molar-refractivity contribution in [3.63, 3.8) is 0 Å². The minimum atomic E-state index is -3.50. The molecule has 1 N–H and O–H groups in total. The summed E-state index contributed by atoms with van der Waals surface area (Å²) >= 11 is 0. The number of hydrogen-bond acceptors (Lipinski definition) is 5. The molecule has 96 valence electrons. The van der Waals surface area contributed by atoms with E-state index in [1.54, 1.807) is 13.1 Å². The lowest BCUT2D eigenvalue weighted by Crippen LogP contribution is -2.40. The highest BCUT2D eigenvalue weighted by atomic mass is 32.2. The first kappa shape index (κ1) is 12.6. The highest BCUT2D eigenvalue weighted by Crippen LogP contribution is 2.19. The molecule has 0 amide bonds. The molecule has 0 unspecified atom stereocenters. The SMILES string of the molecule is CNCc1ccc(S(=O)(=O)N2CCOCC2)o1. The van der Waals surface area contributed by atoms with Crippen LogP contribution in [-0.4, -0.2) is 46.1 Å². The smallest absolute Gasteiger partial charge is 0.276 e. The van der Waals surface area contributed by atoms with E-state index in [0.29, 0.717) is 38.6 Å². The van der Waals surface area contributed by atoms with Gasteiger partial charge in [0.15, 0.2) is 0 Å². The van der Waals surface area contributed by atoms with Crippen molar-refractivity contribution >= 4 is 10.0 Å². The Morgan fingerprint density at radius 3 is 2.71 bits per heavy atom. The van der Waals surface area contributed by atoms with Crippen molar-refractivity contribution in [3.05, 3.63) is 17.9 Å². The van der Waals surface area contributed by atoms with Crippen LogP contribution in [0.5, 0.6) is 0 Å². The van der Waals surface area contributed by atoms with Gasteiger partial charge in [0.2, 0.25) is 5.09 Å². The zero-order chi connectivity index (χ0) is 12.3. The van der Waals surface area contributed by atoms with E-state index >= 15 is 0 Å². The number of sulfonamides is 1. The summed E-state index contributed by atoms with van der Waals surface area (Å²) in [6.45, 7) is 2.14. The second-order valence-corrected chi connectivity index (χ2v) is 5.64. The van der Waals surface area contributed by atoms with E-state index in [9.17, 15) is 8.42 Å². The second-order valence-electron chi connectivity index (χ2n) is 3.77. The van der Waals surface area contributed by atoms with Gasteiger partial charge in [0.1, 0.15) is 5.76 Å². The van der Waals surface area contributed by atoms with E-state index in [1.807, 2.05) is 0 Å². The molecule has 2 heterocycles. The minimum absolute atomic E-state index is 0.00431. The standard InChI is InChI=1S/C10H16N2O4S/c1-11-8-9-2-3-10(16-9)17(13,14)12-4-6-15-7-5-12/h2-3,11H,4-8H2,1H3. The van der Waals surface area contributed by atoms with Gasteiger partial charge in [-0.05, 0) is 19.2 Å². The number of furan rings is 1. The van der Waals surface area contributed by atoms with Gasteiger partial charge < -0.3 is 14.5 Å². The normalized spacial score (nSPS) is 18.4. The first-order valence-corrected chi connectivity index (χ1v) is 6.90. The lowest BCUT2D eigenvalue weighted by Gasteiger charge is -2.24. The van der Waals surface area contributed by atoms with E-state index < -0.39 is 10.0 Å². The van der Waals surface area contributed by atoms with E-state index in [2.05, 4.69) is 5.32 Å². The van der Waals surface area contributed by atoms with Gasteiger partial charge in [0.05, 0.1) is 19.8 Å². The Bertz CT molecular complexity index is 462. The largest absolute Gasteiger partial charge is 0.447 e. The summed E-state index contributed by atoms with van der Waals surface area (Å²) in [5, 5.41) is 2.91. The number of hydrogen-bond donors (Lipinski definition) is 1. The highest BCUT2D eigenvalue weighted by molar-refractivity contribution is 7.89. The molecule has 1 fully saturated rings. The van der Waals surface area contributed by atoms with Gasteiger partial charge in [0.25, 0.3) is 10.0 Å². The number of morpholine rings is 1. The molecule has 1 saturated heterocycles. The third kappa shape index (κ3) is 2.68. The summed E-state index contributed by atoms with van der Waals surface area (Å²) in [6.07, 6.45) is 0. The zero-order valence-corrected chi connectivity index (χ0v) is 10.5. The van der Waals surface area contributed by atoms with Crippen LogP contribution in [0.4, 0.5) is 0 Å². The van der Waals surface area contributed by atoms with E-state index in [1.165, 1.54) is 10.4 Å². The van der Waals surface area contributed by atoms with Crippen molar-refractivity contribution in [1.29, 1.82) is 0 Å². The molecular formula is C10H16N2O4S. The lowest BCUT2D eigenvalue weighted by molar-refractivity contribution is 0.0723. The average molecular weight is 260 g/mol. The first-order valence-electron chi connectivity index (χ1n) is 5.46. The quantitative estimate of drug-likeness (QED) is 0.826. The van der Waals surface area contributed by atoms with Crippen molar-refractivity contribution < 1.29 is 17.6 Å². The van der Waals surface area contributed by atoms with Crippen molar-refractivity contribution in [3.8, 4) is 0 Å². The van der Waals surface area contributed by atoms with Gasteiger partial charge in [-0.15, -0.1) is 0 Å². The second kappa shape index (κ2) is 5.18. The van der Waals surface area contributed by atoms with E-state index in [0.717, 1.165) is 0 Å². The Balaban J connectivity index is 2.18. The molecule has 0 spiro atoms. The number of nitrogens with one attached hydrogen (secondary N) is 1. The van der Waals surface area contributed by atoms with Crippen LogP contribution in [0.15, 0.2) is 21.6 Å². The molecular weight excluding hydrogens is 244 g/mol. The Morgan fingerprint density at radius 1 is 1.35 bits per heavy atom. The lowest BCUT2D eigenvalue weighted by atomic mass is 10.4. The van der Waals surface area contributed by atoms with Crippen molar-refractivity contribution in [2.75, 3.05) is 33.4 Å². The van der Waals surface area contributed by atoms with Gasteiger partial charge in [0, 0.05) is 13.1 Å². The highest BCUT2D eigenvalue weighted by Gasteiger charge is 2.29. The molecule has 6 nitrogen and oxygen atoms in total. The van der Waals surface area contributed by atoms with Crippen LogP contribution in [0.3, 0.4) is 0 Å². The third-order valence-corrected chi connectivity index (χ3v) is 4.33. The summed E-state index contributed by atoms with van der Waals surface area (Å²) in [7, 11) is -1.72. The van der Waals surface area contributed by atoms with Crippen molar-refractivity contribution in [1.82, 2.24) is 9.62 Å². The fourth-order valence-corrected chi connectivity index (χ4v) is 3.02. The van der Waals surface area contributed by atoms with Crippen LogP contribution in [-0.2, 0) is 21.3 Å². The summed E-state index contributed by atoms with van der Waals surface area (Å²) in [4.78, 5) is 0. The van der Waals surface area contributed by atoms with Gasteiger partial charge in [-0.3, -0.25) is 0 Å². The van der Waals surface area contributed by atoms with E-state index in [-0.39, 0.29) is 5.09 Å². The topological polar surface area (TPSA) is 71.8 Å². The molecule has 0 saturated carbocycles. The van der Waals surface area contributed by atoms with Gasteiger partial charge in [-0.2, -0.15) is 4.31 Å². The molecule has 0 atom stereocenters. The third-order valence-electron chi connectivity index (χ3n) is 2.55. The molecule has 1 aromatic rings. The monoisotopic (exact) mass is 260 g/mol. The van der Waals surface area contributed by atoms with Gasteiger partial charge in [-0.25, -0.2) is 8.42 Å². The van der Waals surface area contributed by atoms with Crippen LogP contribution in [0.25, 0.3) is 0 Å². The molecule has 1 aliphatic heterocycles. The molecule has 17 heavy (non-hydrogen) atoms. The summed E-state index contributed by atoms with van der Waals surface area (Å²) in [5.74, 6) is 0.610. The van der Waals surface area contributed by atoms with Crippen LogP contribution in [0.1, 0.15) is 5.76 Å². The van der Waals surface area contributed by atoms with Gasteiger partial charge in [-0.1, -0.05) is 0 Å². The van der Waals surface area contributed by atoms with Crippen molar-refractivity contribution in [2.24, 2.45) is 0 Å². The summed E-state index contributed by atoms with van der Waals surface area (Å²) in [5.41, 5.74) is 0. The fourth-order valence-electron chi connectivity index (χ4n) is 1.68. The molecule has 0 aliphatic carbocycles. The molecule has 7 heteroatoms. The predicted molar refractivity (Wildman–Crippen MR) is 61.0 cm³/mol. The fraction of sp³-hybridized carbons (Fsp3) is 0.600. The number of ether oxygens (including phenoxy) is 1. The predicted octanol–water partition coefficient (Wildman–Crippen LogP) is 0.0199. The maximum atomic E-state index is 12.2. The van der Waals surface area contributed by atoms with Crippen LogP contribution in [0, 0.1) is 0 Å². The minimum Gasteiger partial charge on any atom is -0.447 e. The summed E-state index contributed by atoms with van der Waals surface area (Å²) < 4.78 is 36.1. The van der Waals surface area contributed by atoms with Crippen molar-refractivity contribution in [2.45, 2.75) is 11.6 Å². The number of nitrogens with zero attached hydrogens (tertiary/aromatic N) is 1. The first-order chi connectivity index (χ1) is 8.14. The Labute approximate surface area is 101 Å². The zero-order valence-electron chi connectivity index (χ0n) is 9.68. The Morgan fingerprint density at radius 2 is 2.06 bits per heavy atom. The molecule has 1 aromatic heterocycles. The van der Waals surface area contributed by atoms with Gasteiger partial charge >= 0.3 is 0 Å². The molecule has 0 bridgehead atoms. The molecule has 1 aliphatic rings. The van der Waals surface area contributed by atoms with Crippen LogP contribution < -0.4 is 5.32 Å². The maximum absolute atomic E-state index is 12.2. The summed E-state index contributed by atoms with van der Waals surface area (Å²) in [6, 6.07) is 3.17. The van der Waals surface area contributed by atoms with E-state index in [4.69, 9.17) is 9.15 Å². The molecule has 2 rings (SSSR count). The van der Waals surface area contributed by atoms with Crippen LogP contribution in [0.2, 0.25) is 0 Å². The molecule has 0 aromatic carbocycles. The maximum Gasteiger partial charge on any atom is 0.276 e. The van der Waals surface area contributed by atoms with Crippen LogP contribution >= 0.6 is 0 Å².